The molecular formula is C9H17NO2. The highest BCUT2D eigenvalue weighted by Gasteiger charge is 2.09. The maximum absolute atomic E-state index is 11.1. The average Bonchev–Trinajstić information content (AvgIpc) is 2.05. The lowest BCUT2D eigenvalue weighted by Crippen LogP contribution is -2.34. The number of amides is 1. The van der Waals surface area contributed by atoms with E-state index in [1.54, 1.807) is 6.92 Å². The van der Waals surface area contributed by atoms with Gasteiger partial charge >= 0.3 is 0 Å². The molecular weight excluding hydrogens is 154 g/mol. The highest BCUT2D eigenvalue weighted by Crippen LogP contribution is 1.89. The van der Waals surface area contributed by atoms with Gasteiger partial charge in [-0.3, -0.25) is 4.79 Å². The van der Waals surface area contributed by atoms with Crippen molar-refractivity contribution in [3.8, 4) is 0 Å². The average molecular weight is 171 g/mol. The number of ether oxygens (including phenoxy) is 1. The highest BCUT2D eigenvalue weighted by molar-refractivity contribution is 5.80. The van der Waals surface area contributed by atoms with Gasteiger partial charge in [0.1, 0.15) is 6.10 Å². The second-order valence-corrected chi connectivity index (χ2v) is 2.41. The Bertz CT molecular complexity index is 155. The summed E-state index contributed by atoms with van der Waals surface area (Å²) in [6.45, 7) is 6.67. The normalized spacial score (nSPS) is 13.2. The van der Waals surface area contributed by atoms with Crippen LogP contribution in [0.2, 0.25) is 0 Å². The van der Waals surface area contributed by atoms with Crippen LogP contribution in [0.15, 0.2) is 12.2 Å². The fourth-order valence-corrected chi connectivity index (χ4v) is 0.747. The number of carbonyl (C=O) groups excluding carboxylic acids is 1. The van der Waals surface area contributed by atoms with Crippen molar-refractivity contribution in [1.29, 1.82) is 0 Å². The number of nitrogens with one attached hydrogen (secondary N) is 1. The van der Waals surface area contributed by atoms with E-state index in [1.165, 1.54) is 0 Å². The van der Waals surface area contributed by atoms with Gasteiger partial charge in [0.15, 0.2) is 0 Å². The summed E-state index contributed by atoms with van der Waals surface area (Å²) in [6, 6.07) is 0. The van der Waals surface area contributed by atoms with Crippen molar-refractivity contribution in [3.05, 3.63) is 12.2 Å². The largest absolute Gasteiger partial charge is 0.369 e. The van der Waals surface area contributed by atoms with Gasteiger partial charge < -0.3 is 10.1 Å². The third-order valence-corrected chi connectivity index (χ3v) is 1.42. The summed E-state index contributed by atoms with van der Waals surface area (Å²) in [6.07, 6.45) is 3.43. The predicted molar refractivity (Wildman–Crippen MR) is 48.9 cm³/mol. The summed E-state index contributed by atoms with van der Waals surface area (Å²) < 4.78 is 5.10. The van der Waals surface area contributed by atoms with Gasteiger partial charge in [-0.15, -0.1) is 0 Å². The minimum Gasteiger partial charge on any atom is -0.369 e. The summed E-state index contributed by atoms with van der Waals surface area (Å²) in [7, 11) is 0. The summed E-state index contributed by atoms with van der Waals surface area (Å²) in [4.78, 5) is 11.1. The first-order chi connectivity index (χ1) is 5.72. The van der Waals surface area contributed by atoms with Crippen LogP contribution in [-0.4, -0.2) is 25.2 Å². The Morgan fingerprint density at radius 2 is 2.33 bits per heavy atom. The first-order valence-electron chi connectivity index (χ1n) is 4.22. The van der Waals surface area contributed by atoms with Crippen LogP contribution in [0.5, 0.6) is 0 Å². The van der Waals surface area contributed by atoms with Crippen LogP contribution in [0.25, 0.3) is 0 Å². The molecule has 3 heteroatoms. The Morgan fingerprint density at radius 3 is 2.83 bits per heavy atom. The van der Waals surface area contributed by atoms with Crippen molar-refractivity contribution < 1.29 is 9.53 Å². The maximum atomic E-state index is 11.1. The molecule has 12 heavy (non-hydrogen) atoms. The van der Waals surface area contributed by atoms with Gasteiger partial charge in [-0.05, 0) is 20.8 Å². The van der Waals surface area contributed by atoms with Gasteiger partial charge in [0.2, 0.25) is 5.91 Å². The van der Waals surface area contributed by atoms with E-state index in [2.05, 4.69) is 5.32 Å². The van der Waals surface area contributed by atoms with Crippen molar-refractivity contribution >= 4 is 5.91 Å². The molecule has 3 nitrogen and oxygen atoms in total. The molecule has 1 amide bonds. The number of hydrogen-bond acceptors (Lipinski definition) is 2. The summed E-state index contributed by atoms with van der Waals surface area (Å²) in [5.74, 6) is -0.0602. The zero-order chi connectivity index (χ0) is 9.40. The molecule has 1 atom stereocenters. The van der Waals surface area contributed by atoms with E-state index in [0.717, 1.165) is 0 Å². The van der Waals surface area contributed by atoms with Crippen LogP contribution in [0.4, 0.5) is 0 Å². The lowest BCUT2D eigenvalue weighted by Gasteiger charge is -2.10. The maximum Gasteiger partial charge on any atom is 0.249 e. The Morgan fingerprint density at radius 1 is 1.67 bits per heavy atom. The van der Waals surface area contributed by atoms with Crippen LogP contribution in [-0.2, 0) is 9.53 Å². The van der Waals surface area contributed by atoms with E-state index in [1.807, 2.05) is 26.0 Å². The highest BCUT2D eigenvalue weighted by atomic mass is 16.5. The summed E-state index contributed by atoms with van der Waals surface area (Å²) in [5.41, 5.74) is 0. The standard InChI is InChI=1S/C9H17NO2/c1-4-6-7-10-9(11)8(3)12-5-2/h4,6,8H,5,7H2,1-3H3,(H,10,11)/b6-4+. The van der Waals surface area contributed by atoms with E-state index in [9.17, 15) is 4.79 Å². The third-order valence-electron chi connectivity index (χ3n) is 1.42. The second-order valence-electron chi connectivity index (χ2n) is 2.41. The molecule has 0 saturated heterocycles. The van der Waals surface area contributed by atoms with Gasteiger partial charge in [-0.1, -0.05) is 12.2 Å². The van der Waals surface area contributed by atoms with Crippen molar-refractivity contribution in [2.45, 2.75) is 26.9 Å². The van der Waals surface area contributed by atoms with Gasteiger partial charge in [0, 0.05) is 13.2 Å². The van der Waals surface area contributed by atoms with E-state index >= 15 is 0 Å². The van der Waals surface area contributed by atoms with Crippen molar-refractivity contribution in [1.82, 2.24) is 5.32 Å². The van der Waals surface area contributed by atoms with Gasteiger partial charge in [-0.2, -0.15) is 0 Å². The molecule has 0 aromatic carbocycles. The zero-order valence-electron chi connectivity index (χ0n) is 7.96. The fourth-order valence-electron chi connectivity index (χ4n) is 0.747. The molecule has 70 valence electrons. The molecule has 0 aliphatic carbocycles. The van der Waals surface area contributed by atoms with E-state index in [-0.39, 0.29) is 12.0 Å². The molecule has 0 saturated carbocycles. The first kappa shape index (κ1) is 11.2. The van der Waals surface area contributed by atoms with E-state index in [0.29, 0.717) is 13.2 Å². The Labute approximate surface area is 73.8 Å². The molecule has 0 spiro atoms. The smallest absolute Gasteiger partial charge is 0.249 e. The summed E-state index contributed by atoms with van der Waals surface area (Å²) >= 11 is 0. The Kier molecular flexibility index (Phi) is 6.38. The van der Waals surface area contributed by atoms with Gasteiger partial charge in [-0.25, -0.2) is 0 Å². The number of rotatable bonds is 5. The third kappa shape index (κ3) is 4.91. The van der Waals surface area contributed by atoms with Crippen LogP contribution in [0.3, 0.4) is 0 Å². The van der Waals surface area contributed by atoms with Crippen LogP contribution >= 0.6 is 0 Å². The van der Waals surface area contributed by atoms with Crippen molar-refractivity contribution in [2.24, 2.45) is 0 Å². The summed E-state index contributed by atoms with van der Waals surface area (Å²) in [5, 5.41) is 2.72. The zero-order valence-corrected chi connectivity index (χ0v) is 7.96. The molecule has 0 radical (unpaired) electrons. The van der Waals surface area contributed by atoms with E-state index < -0.39 is 0 Å². The van der Waals surface area contributed by atoms with Crippen molar-refractivity contribution in [3.63, 3.8) is 0 Å². The first-order valence-corrected chi connectivity index (χ1v) is 4.22. The molecule has 1 N–H and O–H groups in total. The van der Waals surface area contributed by atoms with Crippen molar-refractivity contribution in [2.75, 3.05) is 13.2 Å². The van der Waals surface area contributed by atoms with Gasteiger partial charge in [0.05, 0.1) is 0 Å². The fraction of sp³-hybridized carbons (Fsp3) is 0.667. The monoisotopic (exact) mass is 171 g/mol. The van der Waals surface area contributed by atoms with E-state index in [4.69, 9.17) is 4.74 Å². The molecule has 0 aliphatic heterocycles. The lowest BCUT2D eigenvalue weighted by atomic mass is 10.3. The minimum atomic E-state index is -0.347. The van der Waals surface area contributed by atoms with Crippen LogP contribution in [0, 0.1) is 0 Å². The lowest BCUT2D eigenvalue weighted by molar-refractivity contribution is -0.131. The quantitative estimate of drug-likeness (QED) is 0.629. The molecule has 0 aromatic rings. The molecule has 0 bridgehead atoms. The van der Waals surface area contributed by atoms with Gasteiger partial charge in [0.25, 0.3) is 0 Å². The Balaban J connectivity index is 3.56. The predicted octanol–water partition coefficient (Wildman–Crippen LogP) is 1.10. The SMILES string of the molecule is C/C=C/CNC(=O)C(C)OCC. The molecule has 0 fully saturated rings. The molecule has 0 aliphatic rings. The molecule has 0 aromatic heterocycles. The number of hydrogen-bond donors (Lipinski definition) is 1. The second kappa shape index (κ2) is 6.85. The molecule has 1 unspecified atom stereocenters. The van der Waals surface area contributed by atoms with Crippen LogP contribution in [0.1, 0.15) is 20.8 Å². The minimum absolute atomic E-state index is 0.0602. The number of carbonyl (C=O) groups is 1. The topological polar surface area (TPSA) is 38.3 Å². The van der Waals surface area contributed by atoms with Crippen LogP contribution < -0.4 is 5.32 Å². The Hall–Kier alpha value is -0.830. The molecule has 0 heterocycles. The molecule has 0 rings (SSSR count). The number of allylic oxidation sites excluding steroid dienone is 1.